The zero-order chi connectivity index (χ0) is 11.6. The van der Waals surface area contributed by atoms with Gasteiger partial charge in [-0.3, -0.25) is 4.98 Å². The van der Waals surface area contributed by atoms with E-state index in [0.717, 1.165) is 12.8 Å². The predicted molar refractivity (Wildman–Crippen MR) is 74.7 cm³/mol. The fourth-order valence-corrected chi connectivity index (χ4v) is 3.34. The number of halogens is 2. The molecule has 1 aromatic heterocycles. The van der Waals surface area contributed by atoms with Crippen molar-refractivity contribution in [3.63, 3.8) is 0 Å². The highest BCUT2D eigenvalue weighted by atomic mass is 35.5. The van der Waals surface area contributed by atoms with E-state index in [1.54, 1.807) is 18.3 Å². The van der Waals surface area contributed by atoms with Gasteiger partial charge in [0.05, 0.1) is 0 Å². The summed E-state index contributed by atoms with van der Waals surface area (Å²) in [6, 6.07) is 3.12. The third-order valence-corrected chi connectivity index (χ3v) is 4.54. The van der Waals surface area contributed by atoms with Crippen molar-refractivity contribution in [2.24, 2.45) is 5.73 Å². The first kappa shape index (κ1) is 17.6. The Morgan fingerprint density at radius 1 is 1.39 bits per heavy atom. The van der Waals surface area contributed by atoms with Gasteiger partial charge < -0.3 is 5.73 Å². The molecule has 0 saturated carbocycles. The van der Waals surface area contributed by atoms with Gasteiger partial charge in [0, 0.05) is 31.5 Å². The number of pyridine rings is 1. The molecular weight excluding hydrogens is 297 g/mol. The van der Waals surface area contributed by atoms with Crippen LogP contribution in [0.5, 0.6) is 0 Å². The van der Waals surface area contributed by atoms with E-state index in [1.807, 2.05) is 0 Å². The van der Waals surface area contributed by atoms with Crippen molar-refractivity contribution in [3.05, 3.63) is 24.5 Å². The lowest BCUT2D eigenvalue weighted by molar-refractivity contribution is 0.316. The van der Waals surface area contributed by atoms with Crippen molar-refractivity contribution < 1.29 is 8.42 Å². The van der Waals surface area contributed by atoms with Gasteiger partial charge in [-0.15, -0.1) is 24.8 Å². The minimum absolute atomic E-state index is 0. The number of hydrogen-bond acceptors (Lipinski definition) is 4. The maximum atomic E-state index is 12.2. The number of nitrogens with zero attached hydrogens (tertiary/aromatic N) is 2. The molecule has 0 aromatic carbocycles. The fourth-order valence-electron chi connectivity index (χ4n) is 1.84. The minimum Gasteiger partial charge on any atom is -0.327 e. The molecule has 1 aromatic rings. The lowest BCUT2D eigenvalue weighted by atomic mass is 10.1. The third kappa shape index (κ3) is 3.80. The summed E-state index contributed by atoms with van der Waals surface area (Å²) in [4.78, 5) is 4.07. The van der Waals surface area contributed by atoms with Gasteiger partial charge in [-0.05, 0) is 25.0 Å². The average Bonchev–Trinajstić information content (AvgIpc) is 2.30. The van der Waals surface area contributed by atoms with Crippen molar-refractivity contribution >= 4 is 34.8 Å². The van der Waals surface area contributed by atoms with Crippen LogP contribution in [-0.2, 0) is 10.0 Å². The molecule has 1 unspecified atom stereocenters. The van der Waals surface area contributed by atoms with Gasteiger partial charge in [0.1, 0.15) is 4.90 Å². The monoisotopic (exact) mass is 313 g/mol. The Kier molecular flexibility index (Phi) is 7.09. The number of hydrogen-bond donors (Lipinski definition) is 1. The minimum atomic E-state index is -3.40. The molecule has 0 bridgehead atoms. The first-order valence-corrected chi connectivity index (χ1v) is 6.70. The van der Waals surface area contributed by atoms with Gasteiger partial charge in [-0.25, -0.2) is 8.42 Å². The quantitative estimate of drug-likeness (QED) is 0.885. The van der Waals surface area contributed by atoms with Crippen LogP contribution in [0.2, 0.25) is 0 Å². The van der Waals surface area contributed by atoms with Crippen molar-refractivity contribution in [1.82, 2.24) is 9.29 Å². The van der Waals surface area contributed by atoms with Gasteiger partial charge in [0.15, 0.2) is 0 Å². The van der Waals surface area contributed by atoms with Crippen LogP contribution in [0.3, 0.4) is 0 Å². The summed E-state index contributed by atoms with van der Waals surface area (Å²) in [7, 11) is -3.40. The maximum Gasteiger partial charge on any atom is 0.244 e. The largest absolute Gasteiger partial charge is 0.327 e. The molecule has 2 rings (SSSR count). The molecule has 104 valence electrons. The SMILES string of the molecule is Cl.Cl.NC1CCCN(S(=O)(=O)c2cccnc2)C1. The van der Waals surface area contributed by atoms with E-state index in [9.17, 15) is 8.42 Å². The van der Waals surface area contributed by atoms with Crippen LogP contribution in [0.25, 0.3) is 0 Å². The zero-order valence-electron chi connectivity index (χ0n) is 9.73. The average molecular weight is 314 g/mol. The molecule has 1 aliphatic rings. The van der Waals surface area contributed by atoms with Gasteiger partial charge in [0.2, 0.25) is 10.0 Å². The summed E-state index contributed by atoms with van der Waals surface area (Å²) in [6.07, 6.45) is 4.64. The normalized spacial score (nSPS) is 20.6. The Morgan fingerprint density at radius 3 is 2.67 bits per heavy atom. The van der Waals surface area contributed by atoms with Gasteiger partial charge in [-0.2, -0.15) is 4.31 Å². The Hall–Kier alpha value is -0.400. The second-order valence-electron chi connectivity index (χ2n) is 3.95. The number of rotatable bonds is 2. The van der Waals surface area contributed by atoms with Crippen molar-refractivity contribution in [1.29, 1.82) is 0 Å². The van der Waals surface area contributed by atoms with Crippen LogP contribution in [-0.4, -0.2) is 36.8 Å². The molecule has 1 fully saturated rings. The van der Waals surface area contributed by atoms with E-state index < -0.39 is 10.0 Å². The van der Waals surface area contributed by atoms with Gasteiger partial charge in [-0.1, -0.05) is 0 Å². The van der Waals surface area contributed by atoms with Crippen molar-refractivity contribution in [3.8, 4) is 0 Å². The molecule has 2 N–H and O–H groups in total. The molecule has 2 heterocycles. The standard InChI is InChI=1S/C10H15N3O2S.2ClH/c11-9-3-2-6-13(8-9)16(14,15)10-4-1-5-12-7-10;;/h1,4-5,7,9H,2-3,6,8,11H2;2*1H. The number of aromatic nitrogens is 1. The highest BCUT2D eigenvalue weighted by Crippen LogP contribution is 2.18. The molecule has 0 aliphatic carbocycles. The molecule has 8 heteroatoms. The summed E-state index contributed by atoms with van der Waals surface area (Å²) < 4.78 is 25.8. The van der Waals surface area contributed by atoms with E-state index >= 15 is 0 Å². The van der Waals surface area contributed by atoms with E-state index in [0.29, 0.717) is 13.1 Å². The lowest BCUT2D eigenvalue weighted by Crippen LogP contribution is -2.45. The van der Waals surface area contributed by atoms with Gasteiger partial charge in [0.25, 0.3) is 0 Å². The smallest absolute Gasteiger partial charge is 0.244 e. The summed E-state index contributed by atoms with van der Waals surface area (Å²) in [6.45, 7) is 0.947. The zero-order valence-corrected chi connectivity index (χ0v) is 12.2. The topological polar surface area (TPSA) is 76.3 Å². The van der Waals surface area contributed by atoms with Gasteiger partial charge >= 0.3 is 0 Å². The maximum absolute atomic E-state index is 12.2. The lowest BCUT2D eigenvalue weighted by Gasteiger charge is -2.29. The van der Waals surface area contributed by atoms with Crippen molar-refractivity contribution in [2.75, 3.05) is 13.1 Å². The fraction of sp³-hybridized carbons (Fsp3) is 0.500. The Labute approximate surface area is 120 Å². The second kappa shape index (κ2) is 7.25. The Bertz CT molecular complexity index is 455. The summed E-state index contributed by atoms with van der Waals surface area (Å²) in [5.41, 5.74) is 5.78. The second-order valence-corrected chi connectivity index (χ2v) is 5.89. The van der Waals surface area contributed by atoms with Crippen LogP contribution in [0, 0.1) is 0 Å². The molecule has 0 radical (unpaired) electrons. The summed E-state index contributed by atoms with van der Waals surface area (Å²) in [5, 5.41) is 0. The highest BCUT2D eigenvalue weighted by molar-refractivity contribution is 7.89. The van der Waals surface area contributed by atoms with E-state index in [-0.39, 0.29) is 35.8 Å². The highest BCUT2D eigenvalue weighted by Gasteiger charge is 2.28. The summed E-state index contributed by atoms with van der Waals surface area (Å²) >= 11 is 0. The Morgan fingerprint density at radius 2 is 2.11 bits per heavy atom. The van der Waals surface area contributed by atoms with Crippen molar-refractivity contribution in [2.45, 2.75) is 23.8 Å². The van der Waals surface area contributed by atoms with E-state index in [2.05, 4.69) is 4.98 Å². The molecular formula is C10H17Cl2N3O2S. The van der Waals surface area contributed by atoms with E-state index in [1.165, 1.54) is 10.5 Å². The first-order chi connectivity index (χ1) is 7.60. The van der Waals surface area contributed by atoms with Crippen LogP contribution in [0.4, 0.5) is 0 Å². The molecule has 5 nitrogen and oxygen atoms in total. The molecule has 0 spiro atoms. The van der Waals surface area contributed by atoms with Crippen LogP contribution < -0.4 is 5.73 Å². The number of piperidine rings is 1. The van der Waals surface area contributed by atoms with Crippen LogP contribution in [0.1, 0.15) is 12.8 Å². The summed E-state index contributed by atoms with van der Waals surface area (Å²) in [5.74, 6) is 0. The van der Waals surface area contributed by atoms with Crippen LogP contribution in [0.15, 0.2) is 29.4 Å². The van der Waals surface area contributed by atoms with E-state index in [4.69, 9.17) is 5.73 Å². The molecule has 1 saturated heterocycles. The molecule has 1 aliphatic heterocycles. The molecule has 18 heavy (non-hydrogen) atoms. The Balaban J connectivity index is 0.00000144. The molecule has 1 atom stereocenters. The predicted octanol–water partition coefficient (Wildman–Crippen LogP) is 1.04. The molecule has 0 amide bonds. The third-order valence-electron chi connectivity index (χ3n) is 2.69. The number of sulfonamides is 1. The first-order valence-electron chi connectivity index (χ1n) is 5.26. The van der Waals surface area contributed by atoms with Crippen LogP contribution >= 0.6 is 24.8 Å². The number of nitrogens with two attached hydrogens (primary N) is 1.